The Kier molecular flexibility index (Phi) is 26.0. The van der Waals surface area contributed by atoms with Gasteiger partial charge in [0.1, 0.15) is 132 Å². The highest BCUT2D eigenvalue weighted by Crippen LogP contribution is 2.54. The first-order chi connectivity index (χ1) is 53.6. The second kappa shape index (κ2) is 34.1. The fourth-order valence-corrected chi connectivity index (χ4v) is 18.3. The predicted molar refractivity (Wildman–Crippen MR) is 376 cm³/mol. The molecule has 113 heavy (non-hydrogen) atoms. The van der Waals surface area contributed by atoms with Gasteiger partial charge in [-0.3, -0.25) is 10.1 Å². The third-order valence-corrected chi connectivity index (χ3v) is 23.9. The van der Waals surface area contributed by atoms with Crippen LogP contribution in [0.25, 0.3) is 0 Å². The van der Waals surface area contributed by atoms with Crippen LogP contribution < -0.4 is 9.47 Å². The number of esters is 2. The Hall–Kier alpha value is -4.78. The van der Waals surface area contributed by atoms with E-state index in [4.69, 9.17) is 146 Å². The average molecular weight is 1660 g/mol. The largest absolute Gasteiger partial charge is 0.508 e. The number of phenolic OH excluding ortho intramolecular Hbond substituents is 2. The van der Waals surface area contributed by atoms with Crippen molar-refractivity contribution in [3.05, 3.63) is 67.2 Å². The second-order valence-corrected chi connectivity index (χ2v) is 31.3. The molecule has 0 bridgehead atoms. The van der Waals surface area contributed by atoms with Crippen LogP contribution in [0.15, 0.2) is 24.8 Å². The third-order valence-electron chi connectivity index (χ3n) is 23.1. The van der Waals surface area contributed by atoms with Gasteiger partial charge in [-0.2, -0.15) is 0 Å². The van der Waals surface area contributed by atoms with Crippen LogP contribution in [0.4, 0.5) is 0 Å². The molecule has 35 atom stereocenters. The maximum absolute atomic E-state index is 14.6. The molecule has 40 heteroatoms. The third kappa shape index (κ3) is 15.9. The average Bonchev–Trinajstić information content (AvgIpc) is 1.56. The lowest BCUT2D eigenvalue weighted by Crippen LogP contribution is -2.68. The molecule has 0 amide bonds. The van der Waals surface area contributed by atoms with E-state index >= 15 is 0 Å². The van der Waals surface area contributed by atoms with Crippen LogP contribution >= 0.6 is 23.2 Å². The van der Waals surface area contributed by atoms with Crippen molar-refractivity contribution < 1.29 is 173 Å². The Morgan fingerprint density at radius 1 is 0.655 bits per heavy atom. The van der Waals surface area contributed by atoms with Crippen molar-refractivity contribution >= 4 is 35.1 Å². The monoisotopic (exact) mass is 1650 g/mol. The van der Waals surface area contributed by atoms with E-state index in [0.29, 0.717) is 0 Å². The van der Waals surface area contributed by atoms with E-state index in [-0.39, 0.29) is 102 Å². The van der Waals surface area contributed by atoms with Gasteiger partial charge in [-0.05, 0) is 72.6 Å². The van der Waals surface area contributed by atoms with Gasteiger partial charge in [0.2, 0.25) is 0 Å². The quantitative estimate of drug-likeness (QED) is 0.0363. The van der Waals surface area contributed by atoms with E-state index in [1.54, 1.807) is 48.5 Å². The van der Waals surface area contributed by atoms with E-state index in [0.717, 1.165) is 6.07 Å². The highest BCUT2D eigenvalue weighted by Gasteiger charge is 2.71. The number of hydrogen-bond donors (Lipinski definition) is 7. The van der Waals surface area contributed by atoms with Crippen LogP contribution in [0.3, 0.4) is 0 Å². The molecule has 11 saturated heterocycles. The van der Waals surface area contributed by atoms with Crippen molar-refractivity contribution in [2.45, 2.75) is 289 Å². The van der Waals surface area contributed by atoms with Crippen molar-refractivity contribution in [1.29, 1.82) is 0 Å². The minimum absolute atomic E-state index is 0.00197. The molecule has 2 aromatic rings. The summed E-state index contributed by atoms with van der Waals surface area (Å²) in [6.45, 7) is 16.8. The lowest BCUT2D eigenvalue weighted by molar-refractivity contribution is -0.595. The molecule has 0 radical (unpaired) electrons. The number of aliphatic hydroxyl groups is 5. The summed E-state index contributed by atoms with van der Waals surface area (Å²) in [5, 5.41) is 94.7. The molecule has 11 fully saturated rings. The highest BCUT2D eigenvalue weighted by atomic mass is 35.5. The molecule has 11 heterocycles. The van der Waals surface area contributed by atoms with Crippen molar-refractivity contribution in [3.63, 3.8) is 0 Å². The molecule has 2 spiro atoms. The highest BCUT2D eigenvalue weighted by molar-refractivity contribution is 6.39. The number of aromatic hydroxyl groups is 2. The van der Waals surface area contributed by atoms with Crippen molar-refractivity contribution in [1.82, 2.24) is 0 Å². The Bertz CT molecular complexity index is 3700. The fraction of sp³-hybridized carbons (Fsp3) is 0.781. The van der Waals surface area contributed by atoms with E-state index in [9.17, 15) is 55.4 Å². The van der Waals surface area contributed by atoms with Gasteiger partial charge >= 0.3 is 17.9 Å². The fourth-order valence-electron chi connectivity index (χ4n) is 17.7. The summed E-state index contributed by atoms with van der Waals surface area (Å²) in [6, 6.07) is 2.29. The molecule has 2 aromatic carbocycles. The van der Waals surface area contributed by atoms with Crippen LogP contribution in [0.1, 0.15) is 99.6 Å². The summed E-state index contributed by atoms with van der Waals surface area (Å²) in [5.41, 5.74) is -3.31. The van der Waals surface area contributed by atoms with E-state index in [1.165, 1.54) is 61.5 Å². The molecule has 7 N–H and O–H groups in total. The zero-order valence-electron chi connectivity index (χ0n) is 64.6. The molecule has 38 nitrogen and oxygen atoms in total. The van der Waals surface area contributed by atoms with Gasteiger partial charge in [0.15, 0.2) is 67.4 Å². The molecule has 0 aliphatic carbocycles. The number of halogens is 2. The van der Waals surface area contributed by atoms with Crippen LogP contribution in [-0.4, -0.2) is 329 Å². The summed E-state index contributed by atoms with van der Waals surface area (Å²) < 4.78 is 161. The van der Waals surface area contributed by atoms with Crippen LogP contribution in [0.5, 0.6) is 23.0 Å². The van der Waals surface area contributed by atoms with Crippen molar-refractivity contribution in [2.75, 3.05) is 68.8 Å². The number of aryl methyl sites for hydroxylation is 1. The van der Waals surface area contributed by atoms with Gasteiger partial charge in [-0.25, -0.2) is 9.59 Å². The number of carbonyl (C=O) groups is 2. The molecule has 13 rings (SSSR count). The number of nitro groups is 1. The summed E-state index contributed by atoms with van der Waals surface area (Å²) in [6.07, 6.45) is -37.3. The Morgan fingerprint density at radius 3 is 2.04 bits per heavy atom. The van der Waals surface area contributed by atoms with Crippen LogP contribution in [0.2, 0.25) is 10.0 Å². The maximum Gasteiger partial charge on any atom is 0.342 e. The predicted octanol–water partition coefficient (Wildman–Crippen LogP) is 2.39. The zero-order chi connectivity index (χ0) is 81.6. The number of benzene rings is 2. The van der Waals surface area contributed by atoms with Gasteiger partial charge in [-0.15, -0.1) is 0 Å². The first-order valence-corrected chi connectivity index (χ1v) is 38.0. The maximum atomic E-state index is 14.6. The van der Waals surface area contributed by atoms with Crippen LogP contribution in [-0.2, 0) is 114 Å². The number of rotatable bonds is 23. The molecule has 0 saturated carbocycles. The van der Waals surface area contributed by atoms with E-state index in [2.05, 4.69) is 6.58 Å². The van der Waals surface area contributed by atoms with Crippen molar-refractivity contribution in [3.8, 4) is 23.0 Å². The van der Waals surface area contributed by atoms with Gasteiger partial charge in [-0.1, -0.05) is 35.9 Å². The Balaban J connectivity index is 0.659. The molecule has 11 aliphatic rings. The normalized spacial score (nSPS) is 45.0. The van der Waals surface area contributed by atoms with Crippen molar-refractivity contribution in [2.24, 2.45) is 5.92 Å². The molecule has 0 aromatic heterocycles. The van der Waals surface area contributed by atoms with Gasteiger partial charge in [0, 0.05) is 58.7 Å². The zero-order valence-corrected chi connectivity index (χ0v) is 66.1. The number of ether oxygens (including phenoxy) is 26. The lowest BCUT2D eigenvalue weighted by atomic mass is 9.81. The second-order valence-electron chi connectivity index (χ2n) is 30.5. The number of aliphatic hydroxyl groups excluding tert-OH is 5. The summed E-state index contributed by atoms with van der Waals surface area (Å²) in [5.74, 6) is -7.65. The molecule has 0 unspecified atom stereocenters. The van der Waals surface area contributed by atoms with Gasteiger partial charge in [0.05, 0.1) is 87.5 Å². The number of fused-ring (bicyclic) bond motifs is 4. The SMILES string of the molecule is C=CCOc1c(Cl)c(C)c(C(=O)O[C@@H]2[C@@H](C)O[C@@H]([C@H]3[C@H](O)C[C@]4(O[C@@H]5[C@@H](C)O[C@@H](O[C@@H]6[C@@H](O)[C@H](O[C@H]7[C@H](O)[C@H](OC)[C@H](O[C@@H]8OC[C@@H]9O[C@@]%10(OC[C@@H](OC(=O)c%11c(C)cc(O)cc%11O)[C@@H]%11OCO[C@H]%11%10)O[C@H]9[C@H]8O)O[C@@H]7COC)O[C@H](C)[C@@H]6OC)[C@@H](O)[C@@]5(C)O4)O[C@@H]3C)C[C@H]2O[C@H]2C[C@@](C)([N+](=O)[O-])[C@@H](OC)[C@H](C)O2)c(OC)c1Cl. The van der Waals surface area contributed by atoms with E-state index in [1.807, 2.05) is 0 Å². The topological polar surface area (TPSA) is 459 Å². The standard InChI is InChI=1S/C73H101Cl2NO37/c1-16-17-93-57-46(74)28(3)44(56(90-13)47(57)75)65(85)105-51-30(5)98-37(20-38(51)102-42-22-70(9,76(86)87)61(92-15)32(7)99-42)45-29(4)109-72(21-36(45)79)112-62-33(8)101-69(60(83)71(62,10)113-72)107-58-50(82)67(100-31(6)52(58)89-12)106-53-39(23-88-11)104-68(59(91-14)48(53)80)108-66-49(81)54-41(24-94-66)110-73(111-54)63-55(95-26-96-63)40(25-97-73)103-64(84)43-27(2)18-34(77)19-35(43)78/h16,18-19,29-33,36-42,45,48-55,58-63,66-69,77-83H,1,17,20-26H2,2-15H3/t29-,30-,31-,32+,33-,36-,37-,38-,39-,40-,41+,42+,45-,48+,49-,50-,51-,52+,53-,54-,55+,58-,59+,60-,61+,62-,63-,66+,67+,68+,69+,70-,71-,72-,73-/m1/s1. The molecular formula is C73H101Cl2NO37. The van der Waals surface area contributed by atoms with Crippen LogP contribution in [0, 0.1) is 29.9 Å². The first kappa shape index (κ1) is 86.1. The molecule has 11 aliphatic heterocycles. The number of carbonyl (C=O) groups excluding carboxylic acids is 2. The molecular weight excluding hydrogens is 1550 g/mol. The Labute approximate surface area is 659 Å². The summed E-state index contributed by atoms with van der Waals surface area (Å²) in [7, 11) is 6.63. The number of nitrogens with zero attached hydrogens (tertiary/aromatic N) is 1. The molecule has 634 valence electrons. The summed E-state index contributed by atoms with van der Waals surface area (Å²) in [4.78, 5) is 40.3. The Morgan fingerprint density at radius 2 is 1.36 bits per heavy atom. The lowest BCUT2D eigenvalue weighted by Gasteiger charge is -2.50. The minimum atomic E-state index is -2.05. The number of hydrogen-bond acceptors (Lipinski definition) is 37. The number of phenols is 2. The summed E-state index contributed by atoms with van der Waals surface area (Å²) >= 11 is 13.5. The minimum Gasteiger partial charge on any atom is -0.508 e. The van der Waals surface area contributed by atoms with Gasteiger partial charge < -0.3 is 159 Å². The van der Waals surface area contributed by atoms with Gasteiger partial charge in [0.25, 0.3) is 11.5 Å². The number of methoxy groups -OCH3 is 5. The smallest absolute Gasteiger partial charge is 0.342 e. The van der Waals surface area contributed by atoms with E-state index < -0.39 is 236 Å². The first-order valence-electron chi connectivity index (χ1n) is 37.3.